The van der Waals surface area contributed by atoms with Gasteiger partial charge in [-0.15, -0.1) is 0 Å². The average Bonchev–Trinajstić information content (AvgIpc) is 2.74. The lowest BCUT2D eigenvalue weighted by atomic mass is 9.83. The molecule has 2 fully saturated rings. The van der Waals surface area contributed by atoms with Crippen molar-refractivity contribution in [1.29, 1.82) is 0 Å². The summed E-state index contributed by atoms with van der Waals surface area (Å²) in [4.78, 5) is 0. The third-order valence-electron chi connectivity index (χ3n) is 2.43. The van der Waals surface area contributed by atoms with E-state index in [9.17, 15) is 0 Å². The lowest BCUT2D eigenvalue weighted by Crippen LogP contribution is -2.08. The third-order valence-corrected chi connectivity index (χ3v) is 2.43. The Morgan fingerprint density at radius 1 is 1.06 bits per heavy atom. The second-order valence-electron chi connectivity index (χ2n) is 4.09. The van der Waals surface area contributed by atoms with E-state index in [1.165, 1.54) is 31.3 Å². The maximum Gasteiger partial charge on any atom is 0.0547 e. The first kappa shape index (κ1) is 18.1. The van der Waals surface area contributed by atoms with Gasteiger partial charge in [0, 0.05) is 6.61 Å². The highest BCUT2D eigenvalue weighted by Crippen LogP contribution is 2.29. The second-order valence-corrected chi connectivity index (χ2v) is 4.09. The number of ether oxygens (including phenoxy) is 1. The molecule has 1 saturated heterocycles. The summed E-state index contributed by atoms with van der Waals surface area (Å²) in [6.07, 6.45) is 5.63. The monoisotopic (exact) mass is 228 g/mol. The van der Waals surface area contributed by atoms with Gasteiger partial charge in [-0.1, -0.05) is 46.8 Å². The van der Waals surface area contributed by atoms with Gasteiger partial charge < -0.3 is 4.74 Å². The molecular formula is C15H32O. The van der Waals surface area contributed by atoms with E-state index in [1.54, 1.807) is 0 Å². The number of hydrogen-bond acceptors (Lipinski definition) is 1. The zero-order valence-electron chi connectivity index (χ0n) is 12.3. The quantitative estimate of drug-likeness (QED) is 0.517. The molecule has 1 atom stereocenters. The van der Waals surface area contributed by atoms with E-state index in [2.05, 4.69) is 20.4 Å². The van der Waals surface area contributed by atoms with Crippen LogP contribution in [0.25, 0.3) is 0 Å². The molecule has 0 aromatic carbocycles. The van der Waals surface area contributed by atoms with Gasteiger partial charge in [0.2, 0.25) is 0 Å². The van der Waals surface area contributed by atoms with Gasteiger partial charge in [-0.25, -0.2) is 0 Å². The van der Waals surface area contributed by atoms with Crippen molar-refractivity contribution in [3.05, 3.63) is 12.2 Å². The van der Waals surface area contributed by atoms with Crippen LogP contribution in [0.4, 0.5) is 0 Å². The van der Waals surface area contributed by atoms with E-state index in [4.69, 9.17) is 4.74 Å². The van der Waals surface area contributed by atoms with Crippen LogP contribution in [0, 0.1) is 5.92 Å². The van der Waals surface area contributed by atoms with Crippen LogP contribution in [0.2, 0.25) is 0 Å². The van der Waals surface area contributed by atoms with Gasteiger partial charge in [-0.2, -0.15) is 0 Å². The molecule has 16 heavy (non-hydrogen) atoms. The molecule has 1 aliphatic heterocycles. The number of allylic oxidation sites excluding steroid dienone is 1. The summed E-state index contributed by atoms with van der Waals surface area (Å²) < 4.78 is 5.15. The Balaban J connectivity index is 0. The van der Waals surface area contributed by atoms with E-state index in [1.807, 2.05) is 27.7 Å². The van der Waals surface area contributed by atoms with Crippen LogP contribution in [0.5, 0.6) is 0 Å². The van der Waals surface area contributed by atoms with Crippen LogP contribution in [-0.2, 0) is 4.74 Å². The van der Waals surface area contributed by atoms with Crippen molar-refractivity contribution in [3.8, 4) is 0 Å². The first-order valence-corrected chi connectivity index (χ1v) is 6.96. The van der Waals surface area contributed by atoms with E-state index < -0.39 is 0 Å². The molecule has 0 amide bonds. The lowest BCUT2D eigenvalue weighted by Gasteiger charge is -2.23. The predicted octanol–water partition coefficient (Wildman–Crippen LogP) is 5.21. The minimum absolute atomic E-state index is 0.546. The fourth-order valence-corrected chi connectivity index (χ4v) is 1.66. The van der Waals surface area contributed by atoms with Crippen LogP contribution in [0.3, 0.4) is 0 Å². The van der Waals surface area contributed by atoms with Gasteiger partial charge >= 0.3 is 0 Å². The fraction of sp³-hybridized carbons (Fsp3) is 0.867. The standard InChI is InChI=1S/C6H10.C5H10O.2C2H6/c1-5-3-6(2)4-5;1-5-3-2-4-6-5;2*1-2/h6H,1,3-4H2,2H3;5H,2-4H2,1H3;2*1-2H3. The second kappa shape index (κ2) is 12.8. The Bertz CT molecular complexity index is 138. The molecule has 0 aromatic rings. The molecule has 1 saturated carbocycles. The fourth-order valence-electron chi connectivity index (χ4n) is 1.66. The van der Waals surface area contributed by atoms with Crippen molar-refractivity contribution >= 4 is 0 Å². The first-order valence-electron chi connectivity index (χ1n) is 6.96. The molecule has 1 aliphatic carbocycles. The van der Waals surface area contributed by atoms with E-state index in [-0.39, 0.29) is 0 Å². The molecule has 1 heteroatoms. The Morgan fingerprint density at radius 2 is 1.56 bits per heavy atom. The molecule has 2 rings (SSSR count). The topological polar surface area (TPSA) is 9.23 Å². The highest BCUT2D eigenvalue weighted by atomic mass is 16.5. The molecule has 1 unspecified atom stereocenters. The van der Waals surface area contributed by atoms with Gasteiger partial charge in [0.15, 0.2) is 0 Å². The van der Waals surface area contributed by atoms with Crippen LogP contribution < -0.4 is 0 Å². The van der Waals surface area contributed by atoms with Crippen LogP contribution >= 0.6 is 0 Å². The molecule has 0 bridgehead atoms. The minimum atomic E-state index is 0.546. The Hall–Kier alpha value is -0.300. The highest BCUT2D eigenvalue weighted by molar-refractivity contribution is 5.05. The van der Waals surface area contributed by atoms with Crippen molar-refractivity contribution in [3.63, 3.8) is 0 Å². The Morgan fingerprint density at radius 3 is 1.62 bits per heavy atom. The van der Waals surface area contributed by atoms with Gasteiger partial charge in [0.1, 0.15) is 0 Å². The summed E-state index contributed by atoms with van der Waals surface area (Å²) in [5.41, 5.74) is 1.43. The third kappa shape index (κ3) is 10.2. The van der Waals surface area contributed by atoms with Crippen molar-refractivity contribution < 1.29 is 4.74 Å². The normalized spacial score (nSPS) is 22.6. The molecule has 0 aromatic heterocycles. The Kier molecular flexibility index (Phi) is 14.4. The average molecular weight is 228 g/mol. The molecule has 0 spiro atoms. The molecule has 2 aliphatic rings. The van der Waals surface area contributed by atoms with Gasteiger partial charge in [0.05, 0.1) is 6.10 Å². The summed E-state index contributed by atoms with van der Waals surface area (Å²) in [6.45, 7) is 17.2. The molecule has 98 valence electrons. The van der Waals surface area contributed by atoms with E-state index in [0.717, 1.165) is 12.5 Å². The summed E-state index contributed by atoms with van der Waals surface area (Å²) in [7, 11) is 0. The zero-order chi connectivity index (χ0) is 13.0. The van der Waals surface area contributed by atoms with E-state index in [0.29, 0.717) is 6.10 Å². The summed E-state index contributed by atoms with van der Waals surface area (Å²) in [5, 5.41) is 0. The van der Waals surface area contributed by atoms with Crippen LogP contribution in [0.1, 0.15) is 67.2 Å². The molecule has 0 N–H and O–H groups in total. The number of hydrogen-bond donors (Lipinski definition) is 0. The summed E-state index contributed by atoms with van der Waals surface area (Å²) in [6, 6.07) is 0. The molecule has 0 radical (unpaired) electrons. The van der Waals surface area contributed by atoms with Gasteiger partial charge in [-0.05, 0) is 38.5 Å². The van der Waals surface area contributed by atoms with Crippen molar-refractivity contribution in [2.75, 3.05) is 6.61 Å². The first-order chi connectivity index (χ1) is 7.68. The van der Waals surface area contributed by atoms with Gasteiger partial charge in [-0.3, -0.25) is 0 Å². The lowest BCUT2D eigenvalue weighted by molar-refractivity contribution is 0.125. The van der Waals surface area contributed by atoms with Crippen LogP contribution in [0.15, 0.2) is 12.2 Å². The summed E-state index contributed by atoms with van der Waals surface area (Å²) >= 11 is 0. The predicted molar refractivity (Wildman–Crippen MR) is 74.9 cm³/mol. The van der Waals surface area contributed by atoms with Crippen molar-refractivity contribution in [2.45, 2.75) is 73.3 Å². The highest BCUT2D eigenvalue weighted by Gasteiger charge is 2.14. The largest absolute Gasteiger partial charge is 0.379 e. The minimum Gasteiger partial charge on any atom is -0.379 e. The zero-order valence-corrected chi connectivity index (χ0v) is 12.3. The van der Waals surface area contributed by atoms with Crippen molar-refractivity contribution in [2.24, 2.45) is 5.92 Å². The maximum atomic E-state index is 5.15. The molecular weight excluding hydrogens is 196 g/mol. The molecule has 1 heterocycles. The van der Waals surface area contributed by atoms with Crippen molar-refractivity contribution in [1.82, 2.24) is 0 Å². The SMILES string of the molecule is C=C1CC(C)C1.CC.CC.CC1CCCO1. The maximum absolute atomic E-state index is 5.15. The number of rotatable bonds is 0. The summed E-state index contributed by atoms with van der Waals surface area (Å²) in [5.74, 6) is 0.942. The smallest absolute Gasteiger partial charge is 0.0547 e. The van der Waals surface area contributed by atoms with E-state index >= 15 is 0 Å². The van der Waals surface area contributed by atoms with Crippen LogP contribution in [-0.4, -0.2) is 12.7 Å². The Labute approximate surface area is 103 Å². The molecule has 1 nitrogen and oxygen atoms in total. The van der Waals surface area contributed by atoms with Gasteiger partial charge in [0.25, 0.3) is 0 Å².